The zero-order valence-corrected chi connectivity index (χ0v) is 12.9. The van der Waals surface area contributed by atoms with E-state index in [1.165, 1.54) is 16.0 Å². The minimum absolute atomic E-state index is 0.650. The van der Waals surface area contributed by atoms with Gasteiger partial charge in [0.25, 0.3) is 0 Å². The maximum Gasteiger partial charge on any atom is 0.237 e. The molecule has 3 rings (SSSR count). The lowest BCUT2D eigenvalue weighted by Crippen LogP contribution is -1.84. The first-order valence-electron chi connectivity index (χ1n) is 6.80. The third-order valence-corrected chi connectivity index (χ3v) is 4.12. The van der Waals surface area contributed by atoms with Crippen LogP contribution in [0.1, 0.15) is 17.0 Å². The van der Waals surface area contributed by atoms with Crippen LogP contribution in [0, 0.1) is 13.8 Å². The molecule has 0 fully saturated rings. The molecule has 0 aliphatic heterocycles. The van der Waals surface area contributed by atoms with Crippen LogP contribution in [0.15, 0.2) is 57.9 Å². The lowest BCUT2D eigenvalue weighted by atomic mass is 10.1. The molecule has 0 bridgehead atoms. The summed E-state index contributed by atoms with van der Waals surface area (Å²) in [6.45, 7) is 4.14. The Labute approximate surface area is 128 Å². The Morgan fingerprint density at radius 3 is 2.57 bits per heavy atom. The number of nitrogens with zero attached hydrogens (tertiary/aromatic N) is 2. The first kappa shape index (κ1) is 13.9. The zero-order valence-electron chi connectivity index (χ0n) is 12.0. The molecule has 0 amide bonds. The molecule has 0 saturated heterocycles. The van der Waals surface area contributed by atoms with E-state index in [4.69, 9.17) is 4.52 Å². The van der Waals surface area contributed by atoms with Crippen LogP contribution in [0.25, 0.3) is 11.4 Å². The van der Waals surface area contributed by atoms with Crippen LogP contribution in [0.4, 0.5) is 0 Å². The van der Waals surface area contributed by atoms with Crippen molar-refractivity contribution in [2.24, 2.45) is 0 Å². The van der Waals surface area contributed by atoms with E-state index >= 15 is 0 Å². The predicted octanol–water partition coefficient (Wildman–Crippen LogP) is 4.65. The standard InChI is InChI=1S/C17H16N2OS/c1-12-6-8-15(9-7-12)21-11-16-18-17(19-20-16)14-5-3-4-13(2)10-14/h3-10H,11H2,1-2H3. The molecule has 106 valence electrons. The zero-order chi connectivity index (χ0) is 14.7. The highest BCUT2D eigenvalue weighted by atomic mass is 32.2. The molecule has 0 aliphatic rings. The van der Waals surface area contributed by atoms with Crippen molar-refractivity contribution in [2.75, 3.05) is 0 Å². The quantitative estimate of drug-likeness (QED) is 0.657. The Balaban J connectivity index is 1.69. The van der Waals surface area contributed by atoms with Gasteiger partial charge in [-0.15, -0.1) is 11.8 Å². The van der Waals surface area contributed by atoms with Gasteiger partial charge in [-0.05, 0) is 32.0 Å². The fraction of sp³-hybridized carbons (Fsp3) is 0.176. The van der Waals surface area contributed by atoms with E-state index < -0.39 is 0 Å². The first-order valence-corrected chi connectivity index (χ1v) is 7.78. The van der Waals surface area contributed by atoms with Crippen molar-refractivity contribution in [3.8, 4) is 11.4 Å². The van der Waals surface area contributed by atoms with Crippen LogP contribution in [-0.2, 0) is 5.75 Å². The molecule has 2 aromatic carbocycles. The molecule has 1 heterocycles. The van der Waals surface area contributed by atoms with E-state index in [1.807, 2.05) is 12.1 Å². The van der Waals surface area contributed by atoms with Gasteiger partial charge >= 0.3 is 0 Å². The van der Waals surface area contributed by atoms with Crippen molar-refractivity contribution in [2.45, 2.75) is 24.5 Å². The van der Waals surface area contributed by atoms with E-state index in [1.54, 1.807) is 11.8 Å². The van der Waals surface area contributed by atoms with Gasteiger partial charge in [0.05, 0.1) is 5.75 Å². The third kappa shape index (κ3) is 3.52. The molecule has 1 aromatic heterocycles. The largest absolute Gasteiger partial charge is 0.338 e. The van der Waals surface area contributed by atoms with E-state index in [0.717, 1.165) is 5.56 Å². The number of aromatic nitrogens is 2. The molecule has 0 N–H and O–H groups in total. The summed E-state index contributed by atoms with van der Waals surface area (Å²) in [6, 6.07) is 16.5. The molecule has 3 aromatic rings. The summed E-state index contributed by atoms with van der Waals surface area (Å²) >= 11 is 1.70. The number of thioether (sulfide) groups is 1. The average molecular weight is 296 g/mol. The number of benzene rings is 2. The van der Waals surface area contributed by atoms with Crippen molar-refractivity contribution in [1.82, 2.24) is 10.1 Å². The topological polar surface area (TPSA) is 38.9 Å². The van der Waals surface area contributed by atoms with Crippen molar-refractivity contribution < 1.29 is 4.52 Å². The molecule has 0 atom stereocenters. The summed E-state index contributed by atoms with van der Waals surface area (Å²) in [5.74, 6) is 1.98. The Hall–Kier alpha value is -2.07. The highest BCUT2D eigenvalue weighted by molar-refractivity contribution is 7.98. The summed E-state index contributed by atoms with van der Waals surface area (Å²) in [4.78, 5) is 5.66. The van der Waals surface area contributed by atoms with E-state index in [9.17, 15) is 0 Å². The maximum absolute atomic E-state index is 5.32. The molecule has 3 nitrogen and oxygen atoms in total. The summed E-state index contributed by atoms with van der Waals surface area (Å²) < 4.78 is 5.32. The molecule has 21 heavy (non-hydrogen) atoms. The van der Waals surface area contributed by atoms with Crippen LogP contribution in [0.2, 0.25) is 0 Å². The summed E-state index contributed by atoms with van der Waals surface area (Å²) in [5.41, 5.74) is 3.44. The SMILES string of the molecule is Cc1ccc(SCc2nc(-c3cccc(C)c3)no2)cc1. The molecular weight excluding hydrogens is 280 g/mol. The van der Waals surface area contributed by atoms with Crippen LogP contribution >= 0.6 is 11.8 Å². The van der Waals surface area contributed by atoms with Gasteiger partial charge in [-0.1, -0.05) is 46.6 Å². The summed E-state index contributed by atoms with van der Waals surface area (Å²) in [7, 11) is 0. The van der Waals surface area contributed by atoms with Gasteiger partial charge in [-0.25, -0.2) is 0 Å². The van der Waals surface area contributed by atoms with Gasteiger partial charge in [-0.2, -0.15) is 4.98 Å². The fourth-order valence-corrected chi connectivity index (χ4v) is 2.73. The molecule has 0 radical (unpaired) electrons. The number of hydrogen-bond donors (Lipinski definition) is 0. The van der Waals surface area contributed by atoms with E-state index in [2.05, 4.69) is 60.4 Å². The third-order valence-electron chi connectivity index (χ3n) is 3.13. The van der Waals surface area contributed by atoms with Crippen molar-refractivity contribution >= 4 is 11.8 Å². The second-order valence-electron chi connectivity index (χ2n) is 4.98. The second-order valence-corrected chi connectivity index (χ2v) is 6.03. The normalized spacial score (nSPS) is 10.8. The van der Waals surface area contributed by atoms with Crippen LogP contribution in [-0.4, -0.2) is 10.1 Å². The summed E-state index contributed by atoms with van der Waals surface area (Å²) in [5, 5.41) is 4.05. The molecule has 0 unspecified atom stereocenters. The number of hydrogen-bond acceptors (Lipinski definition) is 4. The van der Waals surface area contributed by atoms with Crippen LogP contribution in [0.5, 0.6) is 0 Å². The van der Waals surface area contributed by atoms with Crippen molar-refractivity contribution in [3.63, 3.8) is 0 Å². The smallest absolute Gasteiger partial charge is 0.237 e. The monoisotopic (exact) mass is 296 g/mol. The Bertz CT molecular complexity index is 735. The summed E-state index contributed by atoms with van der Waals surface area (Å²) in [6.07, 6.45) is 0. The lowest BCUT2D eigenvalue weighted by molar-refractivity contribution is 0.391. The first-order chi connectivity index (χ1) is 10.2. The Morgan fingerprint density at radius 2 is 1.81 bits per heavy atom. The average Bonchev–Trinajstić information content (AvgIpc) is 2.96. The Kier molecular flexibility index (Phi) is 4.06. The predicted molar refractivity (Wildman–Crippen MR) is 85.2 cm³/mol. The molecular formula is C17H16N2OS. The minimum Gasteiger partial charge on any atom is -0.338 e. The molecule has 0 aliphatic carbocycles. The van der Waals surface area contributed by atoms with Gasteiger partial charge in [0.2, 0.25) is 11.7 Å². The number of aryl methyl sites for hydroxylation is 2. The van der Waals surface area contributed by atoms with Crippen molar-refractivity contribution in [1.29, 1.82) is 0 Å². The maximum atomic E-state index is 5.32. The van der Waals surface area contributed by atoms with Gasteiger partial charge in [-0.3, -0.25) is 0 Å². The van der Waals surface area contributed by atoms with Gasteiger partial charge < -0.3 is 4.52 Å². The van der Waals surface area contributed by atoms with E-state index in [-0.39, 0.29) is 0 Å². The number of rotatable bonds is 4. The molecule has 0 spiro atoms. The second kappa shape index (κ2) is 6.14. The molecule has 0 saturated carbocycles. The highest BCUT2D eigenvalue weighted by Crippen LogP contribution is 2.24. The minimum atomic E-state index is 0.650. The highest BCUT2D eigenvalue weighted by Gasteiger charge is 2.09. The van der Waals surface area contributed by atoms with Gasteiger partial charge in [0.1, 0.15) is 0 Å². The van der Waals surface area contributed by atoms with Crippen LogP contribution < -0.4 is 0 Å². The van der Waals surface area contributed by atoms with Gasteiger partial charge in [0.15, 0.2) is 0 Å². The van der Waals surface area contributed by atoms with Crippen molar-refractivity contribution in [3.05, 3.63) is 65.5 Å². The molecule has 4 heteroatoms. The van der Waals surface area contributed by atoms with E-state index in [0.29, 0.717) is 17.5 Å². The Morgan fingerprint density at radius 1 is 1.00 bits per heavy atom. The lowest BCUT2D eigenvalue weighted by Gasteiger charge is -1.98. The van der Waals surface area contributed by atoms with Gasteiger partial charge in [0, 0.05) is 10.5 Å². The fourth-order valence-electron chi connectivity index (χ4n) is 1.99. The van der Waals surface area contributed by atoms with Crippen LogP contribution in [0.3, 0.4) is 0 Å².